The van der Waals surface area contributed by atoms with E-state index in [-0.39, 0.29) is 30.6 Å². The SMILES string of the molecule is COC(=O)[C@@H]1C[C@@H]2CN1C(=O)[C@H](C(C)(C)C)NC(=O)O[C@@H]1CCC[C@H]1OCC=CC(F)(F)c1nc3cc(OC(F)(F)F)ccc3nc1O2. The molecule has 0 spiro atoms. The molecule has 17 heteroatoms. The van der Waals surface area contributed by atoms with E-state index in [0.29, 0.717) is 25.3 Å². The van der Waals surface area contributed by atoms with Gasteiger partial charge in [-0.15, -0.1) is 13.2 Å². The predicted octanol–water partition coefficient (Wildman–Crippen LogP) is 4.79. The average Bonchev–Trinajstić information content (AvgIpc) is 3.62. The van der Waals surface area contributed by atoms with Gasteiger partial charge >= 0.3 is 24.3 Å². The normalized spacial score (nSPS) is 26.8. The van der Waals surface area contributed by atoms with Crippen LogP contribution in [0.4, 0.5) is 26.7 Å². The van der Waals surface area contributed by atoms with Crippen molar-refractivity contribution in [3.8, 4) is 11.6 Å². The van der Waals surface area contributed by atoms with E-state index in [0.717, 1.165) is 36.3 Å². The summed E-state index contributed by atoms with van der Waals surface area (Å²) in [5.74, 6) is -6.73. The molecule has 0 unspecified atom stereocenters. The van der Waals surface area contributed by atoms with Crippen molar-refractivity contribution in [2.24, 2.45) is 5.41 Å². The Kier molecular flexibility index (Phi) is 9.72. The van der Waals surface area contributed by atoms with Crippen molar-refractivity contribution in [1.82, 2.24) is 20.2 Å². The topological polar surface area (TPSA) is 138 Å². The van der Waals surface area contributed by atoms with Crippen LogP contribution < -0.4 is 14.8 Å². The molecule has 2 amide bonds. The number of hydrogen-bond donors (Lipinski definition) is 1. The van der Waals surface area contributed by atoms with Gasteiger partial charge in [-0.1, -0.05) is 26.8 Å². The van der Waals surface area contributed by atoms with Crippen molar-refractivity contribution in [3.05, 3.63) is 36.0 Å². The van der Waals surface area contributed by atoms with Crippen LogP contribution in [0.5, 0.6) is 11.6 Å². The zero-order valence-electron chi connectivity index (χ0n) is 26.5. The highest BCUT2D eigenvalue weighted by Crippen LogP contribution is 2.38. The van der Waals surface area contributed by atoms with Crippen LogP contribution in [0, 0.1) is 5.41 Å². The Morgan fingerprint density at radius 3 is 2.48 bits per heavy atom. The maximum atomic E-state index is 15.8. The molecule has 1 aromatic heterocycles. The number of aromatic nitrogens is 2. The summed E-state index contributed by atoms with van der Waals surface area (Å²) in [6, 6.07) is 0.446. The number of carbonyl (C=O) groups is 3. The number of nitrogens with one attached hydrogen (secondary N) is 1. The first-order valence-electron chi connectivity index (χ1n) is 15.2. The second kappa shape index (κ2) is 13.3. The molecule has 48 heavy (non-hydrogen) atoms. The summed E-state index contributed by atoms with van der Waals surface area (Å²) in [4.78, 5) is 49.2. The molecule has 5 rings (SSSR count). The largest absolute Gasteiger partial charge is 0.573 e. The molecule has 2 bridgehead atoms. The van der Waals surface area contributed by atoms with E-state index in [1.165, 1.54) is 0 Å². The summed E-state index contributed by atoms with van der Waals surface area (Å²) in [5, 5.41) is 2.63. The fourth-order valence-corrected chi connectivity index (χ4v) is 5.93. The molecular formula is C31H35F5N4O8. The molecule has 5 atom stereocenters. The number of esters is 1. The van der Waals surface area contributed by atoms with Crippen LogP contribution in [0.3, 0.4) is 0 Å². The monoisotopic (exact) mass is 686 g/mol. The minimum absolute atomic E-state index is 0.0910. The van der Waals surface area contributed by atoms with Gasteiger partial charge in [-0.25, -0.2) is 19.6 Å². The van der Waals surface area contributed by atoms with E-state index >= 15 is 8.78 Å². The van der Waals surface area contributed by atoms with Gasteiger partial charge in [-0.2, -0.15) is 8.78 Å². The van der Waals surface area contributed by atoms with E-state index < -0.39 is 83.4 Å². The molecule has 3 aliphatic rings. The number of fused-ring (bicyclic) bond motifs is 5. The molecule has 262 valence electrons. The van der Waals surface area contributed by atoms with Gasteiger partial charge in [0.25, 0.3) is 0 Å². The first-order valence-corrected chi connectivity index (χ1v) is 15.2. The van der Waals surface area contributed by atoms with E-state index in [1.54, 1.807) is 20.8 Å². The molecule has 0 radical (unpaired) electrons. The number of carbonyl (C=O) groups excluding carboxylic acids is 3. The molecular weight excluding hydrogens is 651 g/mol. The van der Waals surface area contributed by atoms with Crippen LogP contribution in [0.25, 0.3) is 11.0 Å². The van der Waals surface area contributed by atoms with Gasteiger partial charge in [0.05, 0.1) is 37.4 Å². The lowest BCUT2D eigenvalue weighted by atomic mass is 9.85. The third kappa shape index (κ3) is 7.88. The van der Waals surface area contributed by atoms with Crippen molar-refractivity contribution in [2.45, 2.75) is 89.1 Å². The van der Waals surface area contributed by atoms with Crippen molar-refractivity contribution in [1.29, 1.82) is 0 Å². The number of ether oxygens (including phenoxy) is 5. The number of alkyl carbamates (subject to hydrolysis) is 1. The highest BCUT2D eigenvalue weighted by Gasteiger charge is 2.48. The summed E-state index contributed by atoms with van der Waals surface area (Å²) < 4.78 is 96.4. The van der Waals surface area contributed by atoms with Crippen LogP contribution in [0.2, 0.25) is 0 Å². The molecule has 1 aromatic carbocycles. The number of alkyl halides is 5. The number of nitrogens with zero attached hydrogens (tertiary/aromatic N) is 3. The van der Waals surface area contributed by atoms with Crippen LogP contribution >= 0.6 is 0 Å². The molecule has 2 fully saturated rings. The minimum Gasteiger partial charge on any atom is -0.471 e. The Balaban J connectivity index is 1.58. The standard InChI is InChI=1S/C31H35F5N4O8/c1-29(2,3)24-26(41)40-15-17(14-20(40)27(42)44-4)46-25-23(37-19-13-16(48-31(34,35)36)9-10-18(19)38-25)30(32,33)11-6-12-45-21-7-5-8-22(21)47-28(43)39-24/h6,9-11,13,17,20-22,24H,5,7-8,12,14-15H2,1-4H3,(H,39,43)/t17-,20+,21-,22-,24-/m1/s1. The number of amides is 2. The maximum Gasteiger partial charge on any atom is 0.573 e. The lowest BCUT2D eigenvalue weighted by molar-refractivity contribution is -0.274. The van der Waals surface area contributed by atoms with E-state index in [1.807, 2.05) is 0 Å². The smallest absolute Gasteiger partial charge is 0.471 e. The molecule has 1 N–H and O–H groups in total. The molecule has 1 saturated heterocycles. The van der Waals surface area contributed by atoms with E-state index in [2.05, 4.69) is 20.0 Å². The van der Waals surface area contributed by atoms with Crippen molar-refractivity contribution in [2.75, 3.05) is 20.3 Å². The van der Waals surface area contributed by atoms with Crippen molar-refractivity contribution >= 4 is 29.0 Å². The quantitative estimate of drug-likeness (QED) is 0.267. The van der Waals surface area contributed by atoms with Crippen LogP contribution in [-0.4, -0.2) is 89.9 Å². The number of allylic oxidation sites excluding steroid dienone is 1. The highest BCUT2D eigenvalue weighted by atomic mass is 19.4. The third-order valence-electron chi connectivity index (χ3n) is 8.21. The summed E-state index contributed by atoms with van der Waals surface area (Å²) in [6.45, 7) is 4.52. The first kappa shape index (κ1) is 35.0. The number of benzene rings is 1. The molecule has 12 nitrogen and oxygen atoms in total. The Hall–Kier alpha value is -4.28. The predicted molar refractivity (Wildman–Crippen MR) is 156 cm³/mol. The van der Waals surface area contributed by atoms with Gasteiger partial charge < -0.3 is 33.9 Å². The fourth-order valence-electron chi connectivity index (χ4n) is 5.93. The average molecular weight is 687 g/mol. The van der Waals surface area contributed by atoms with E-state index in [4.69, 9.17) is 18.9 Å². The number of halogens is 5. The van der Waals surface area contributed by atoms with Gasteiger partial charge in [-0.05, 0) is 42.9 Å². The Morgan fingerprint density at radius 2 is 1.79 bits per heavy atom. The van der Waals surface area contributed by atoms with Crippen molar-refractivity contribution < 1.29 is 60.0 Å². The van der Waals surface area contributed by atoms with Gasteiger partial charge in [0.1, 0.15) is 30.0 Å². The number of rotatable bonds is 2. The zero-order chi connectivity index (χ0) is 35.0. The van der Waals surface area contributed by atoms with Crippen molar-refractivity contribution in [3.63, 3.8) is 0 Å². The summed E-state index contributed by atoms with van der Waals surface area (Å²) >= 11 is 0. The second-order valence-corrected chi connectivity index (χ2v) is 12.8. The Labute approximate surface area is 271 Å². The second-order valence-electron chi connectivity index (χ2n) is 12.8. The lowest BCUT2D eigenvalue weighted by Gasteiger charge is -2.35. The first-order chi connectivity index (χ1) is 22.4. The van der Waals surface area contributed by atoms with Gasteiger partial charge in [0.15, 0.2) is 5.69 Å². The molecule has 1 aliphatic carbocycles. The van der Waals surface area contributed by atoms with E-state index in [9.17, 15) is 27.6 Å². The minimum atomic E-state index is -5.04. The summed E-state index contributed by atoms with van der Waals surface area (Å²) in [7, 11) is 1.12. The third-order valence-corrected chi connectivity index (χ3v) is 8.21. The molecule has 2 aromatic rings. The fraction of sp³-hybridized carbons (Fsp3) is 0.581. The number of hydrogen-bond acceptors (Lipinski definition) is 10. The van der Waals surface area contributed by atoms with Crippen LogP contribution in [-0.2, 0) is 29.7 Å². The van der Waals surface area contributed by atoms with Crippen LogP contribution in [0.15, 0.2) is 30.4 Å². The molecule has 2 aliphatic heterocycles. The zero-order valence-corrected chi connectivity index (χ0v) is 26.5. The number of methoxy groups -OCH3 is 1. The Bertz CT molecular complexity index is 1580. The van der Waals surface area contributed by atoms with Gasteiger partial charge in [-0.3, -0.25) is 4.79 Å². The Morgan fingerprint density at radius 1 is 1.06 bits per heavy atom. The molecule has 3 heterocycles. The summed E-state index contributed by atoms with van der Waals surface area (Å²) in [5.41, 5.74) is -2.33. The maximum absolute atomic E-state index is 15.8. The van der Waals surface area contributed by atoms with Gasteiger partial charge in [0.2, 0.25) is 11.8 Å². The van der Waals surface area contributed by atoms with Crippen LogP contribution in [0.1, 0.15) is 52.1 Å². The highest BCUT2D eigenvalue weighted by molar-refractivity contribution is 5.91. The van der Waals surface area contributed by atoms with Gasteiger partial charge in [0, 0.05) is 12.5 Å². The lowest BCUT2D eigenvalue weighted by Crippen LogP contribution is -2.57. The summed E-state index contributed by atoms with van der Waals surface area (Å²) in [6.07, 6.45) is -5.46. The molecule has 1 saturated carbocycles.